The Bertz CT molecular complexity index is 643. The van der Waals surface area contributed by atoms with E-state index in [0.29, 0.717) is 36.0 Å². The van der Waals surface area contributed by atoms with E-state index in [2.05, 4.69) is 5.32 Å². The lowest BCUT2D eigenvalue weighted by Crippen LogP contribution is -2.22. The summed E-state index contributed by atoms with van der Waals surface area (Å²) in [6.07, 6.45) is 1.40. The number of benzene rings is 1. The summed E-state index contributed by atoms with van der Waals surface area (Å²) in [6.45, 7) is 3.12. The van der Waals surface area contributed by atoms with Crippen LogP contribution in [0.4, 0.5) is 0 Å². The van der Waals surface area contributed by atoms with Crippen molar-refractivity contribution in [1.29, 1.82) is 0 Å². The molecule has 0 saturated heterocycles. The van der Waals surface area contributed by atoms with Crippen LogP contribution in [0.5, 0.6) is 11.5 Å². The number of amides is 1. The fraction of sp³-hybridized carbons (Fsp3) is 0.312. The van der Waals surface area contributed by atoms with Gasteiger partial charge in [-0.2, -0.15) is 0 Å². The number of carbonyl (C=O) groups is 1. The Kier molecular flexibility index (Phi) is 7.44. The number of nitrogens with one attached hydrogen (secondary N) is 1. The zero-order chi connectivity index (χ0) is 15.9. The zero-order valence-electron chi connectivity index (χ0n) is 13.1. The molecule has 0 spiro atoms. The maximum atomic E-state index is 12.0. The fourth-order valence-corrected chi connectivity index (χ4v) is 1.99. The number of methoxy groups -OCH3 is 1. The molecule has 0 aliphatic heterocycles. The average molecular weight is 341 g/mol. The summed E-state index contributed by atoms with van der Waals surface area (Å²) in [4.78, 5) is 12.0. The van der Waals surface area contributed by atoms with Crippen molar-refractivity contribution in [1.82, 2.24) is 5.32 Å². The van der Waals surface area contributed by atoms with Crippen LogP contribution in [0.1, 0.15) is 28.6 Å². The summed E-state index contributed by atoms with van der Waals surface area (Å²) in [5, 5.41) is 2.82. The second-order valence-electron chi connectivity index (χ2n) is 4.61. The van der Waals surface area contributed by atoms with Crippen molar-refractivity contribution in [3.63, 3.8) is 0 Å². The van der Waals surface area contributed by atoms with Crippen molar-refractivity contribution in [2.75, 3.05) is 13.7 Å². The van der Waals surface area contributed by atoms with E-state index in [1.807, 2.05) is 25.1 Å². The number of ether oxygens (including phenoxy) is 2. The molecule has 3 N–H and O–H groups in total. The van der Waals surface area contributed by atoms with Crippen molar-refractivity contribution >= 4 is 18.3 Å². The molecule has 2 rings (SSSR count). The van der Waals surface area contributed by atoms with Gasteiger partial charge >= 0.3 is 0 Å². The van der Waals surface area contributed by atoms with Crippen LogP contribution in [0, 0.1) is 0 Å². The van der Waals surface area contributed by atoms with E-state index in [1.54, 1.807) is 13.2 Å². The summed E-state index contributed by atoms with van der Waals surface area (Å²) in [7, 11) is 1.58. The number of nitrogens with two attached hydrogens (primary N) is 1. The molecule has 0 unspecified atom stereocenters. The highest BCUT2D eigenvalue weighted by molar-refractivity contribution is 5.93. The monoisotopic (exact) mass is 340 g/mol. The minimum Gasteiger partial charge on any atom is -0.493 e. The van der Waals surface area contributed by atoms with Gasteiger partial charge < -0.3 is 24.9 Å². The van der Waals surface area contributed by atoms with Gasteiger partial charge in [-0.1, -0.05) is 6.07 Å². The highest BCUT2D eigenvalue weighted by atomic mass is 35.5. The highest BCUT2D eigenvalue weighted by Crippen LogP contribution is 2.28. The number of hydrogen-bond acceptors (Lipinski definition) is 5. The summed E-state index contributed by atoms with van der Waals surface area (Å²) >= 11 is 0. The van der Waals surface area contributed by atoms with Crippen molar-refractivity contribution < 1.29 is 18.7 Å². The van der Waals surface area contributed by atoms with Gasteiger partial charge in [-0.15, -0.1) is 12.4 Å². The van der Waals surface area contributed by atoms with E-state index >= 15 is 0 Å². The van der Waals surface area contributed by atoms with Gasteiger partial charge in [0.05, 0.1) is 25.8 Å². The molecular formula is C16H21ClN2O4. The molecule has 1 amide bonds. The maximum absolute atomic E-state index is 12.0. The Balaban J connectivity index is 0.00000264. The van der Waals surface area contributed by atoms with Crippen LogP contribution in [-0.2, 0) is 13.1 Å². The Morgan fingerprint density at radius 2 is 2.09 bits per heavy atom. The molecule has 2 aromatic rings. The van der Waals surface area contributed by atoms with E-state index < -0.39 is 0 Å². The largest absolute Gasteiger partial charge is 0.493 e. The normalized spacial score (nSPS) is 9.87. The van der Waals surface area contributed by atoms with Crippen LogP contribution in [0.15, 0.2) is 34.9 Å². The van der Waals surface area contributed by atoms with E-state index in [-0.39, 0.29) is 24.9 Å². The number of furan rings is 1. The summed E-state index contributed by atoms with van der Waals surface area (Å²) < 4.78 is 15.9. The molecular weight excluding hydrogens is 320 g/mol. The van der Waals surface area contributed by atoms with E-state index in [4.69, 9.17) is 19.6 Å². The number of rotatable bonds is 7. The quantitative estimate of drug-likeness (QED) is 0.808. The molecule has 6 nitrogen and oxygen atoms in total. The first-order valence-electron chi connectivity index (χ1n) is 7.03. The second-order valence-corrected chi connectivity index (χ2v) is 4.61. The summed E-state index contributed by atoms with van der Waals surface area (Å²) in [5.74, 6) is 1.69. The third-order valence-electron chi connectivity index (χ3n) is 3.10. The molecule has 0 bridgehead atoms. The van der Waals surface area contributed by atoms with E-state index in [1.165, 1.54) is 6.26 Å². The predicted molar refractivity (Wildman–Crippen MR) is 89.2 cm³/mol. The zero-order valence-corrected chi connectivity index (χ0v) is 13.9. The van der Waals surface area contributed by atoms with Crippen LogP contribution < -0.4 is 20.5 Å². The van der Waals surface area contributed by atoms with Crippen molar-refractivity contribution in [2.24, 2.45) is 5.73 Å². The van der Waals surface area contributed by atoms with Crippen molar-refractivity contribution in [2.45, 2.75) is 20.0 Å². The Morgan fingerprint density at radius 3 is 2.70 bits per heavy atom. The Hall–Kier alpha value is -2.18. The van der Waals surface area contributed by atoms with Gasteiger partial charge in [0.2, 0.25) is 0 Å². The second kappa shape index (κ2) is 9.07. The minimum atomic E-state index is -0.212. The smallest absolute Gasteiger partial charge is 0.254 e. The van der Waals surface area contributed by atoms with Crippen molar-refractivity contribution in [3.05, 3.63) is 47.4 Å². The first-order chi connectivity index (χ1) is 10.7. The molecule has 0 fully saturated rings. The number of halogens is 1. The van der Waals surface area contributed by atoms with E-state index in [0.717, 1.165) is 5.56 Å². The van der Waals surface area contributed by atoms with Crippen LogP contribution in [0.3, 0.4) is 0 Å². The lowest BCUT2D eigenvalue weighted by atomic mass is 10.2. The first kappa shape index (κ1) is 18.9. The van der Waals surface area contributed by atoms with Crippen LogP contribution in [-0.4, -0.2) is 19.6 Å². The predicted octanol–water partition coefficient (Wildman–Crippen LogP) is 2.50. The number of hydrogen-bond donors (Lipinski definition) is 2. The molecule has 1 heterocycles. The van der Waals surface area contributed by atoms with E-state index in [9.17, 15) is 4.79 Å². The third kappa shape index (κ3) is 4.91. The van der Waals surface area contributed by atoms with Gasteiger partial charge in [-0.3, -0.25) is 4.79 Å². The lowest BCUT2D eigenvalue weighted by molar-refractivity contribution is 0.0950. The maximum Gasteiger partial charge on any atom is 0.254 e. The van der Waals surface area contributed by atoms with Crippen LogP contribution in [0.2, 0.25) is 0 Å². The molecule has 0 radical (unpaired) electrons. The summed E-state index contributed by atoms with van der Waals surface area (Å²) in [6, 6.07) is 7.18. The van der Waals surface area contributed by atoms with Crippen LogP contribution >= 0.6 is 12.4 Å². The highest BCUT2D eigenvalue weighted by Gasteiger charge is 2.10. The lowest BCUT2D eigenvalue weighted by Gasteiger charge is -2.11. The Labute approximate surface area is 141 Å². The fourth-order valence-electron chi connectivity index (χ4n) is 1.99. The van der Waals surface area contributed by atoms with Gasteiger partial charge in [-0.05, 0) is 30.7 Å². The number of carbonyl (C=O) groups excluding carboxylic acids is 1. The van der Waals surface area contributed by atoms with Gasteiger partial charge in [0.15, 0.2) is 11.5 Å². The van der Waals surface area contributed by atoms with Gasteiger partial charge in [-0.25, -0.2) is 0 Å². The molecule has 0 atom stereocenters. The van der Waals surface area contributed by atoms with Crippen LogP contribution in [0.25, 0.3) is 0 Å². The summed E-state index contributed by atoms with van der Waals surface area (Å²) in [5.41, 5.74) is 6.82. The van der Waals surface area contributed by atoms with Crippen molar-refractivity contribution in [3.8, 4) is 11.5 Å². The SMILES string of the molecule is CCOc1ccc(CNC(=O)c2coc(CN)c2)cc1OC.Cl. The topological polar surface area (TPSA) is 86.7 Å². The first-order valence-corrected chi connectivity index (χ1v) is 7.03. The molecule has 0 aliphatic rings. The van der Waals surface area contributed by atoms with Gasteiger partial charge in [0, 0.05) is 6.54 Å². The minimum absolute atomic E-state index is 0. The molecule has 126 valence electrons. The molecule has 0 aliphatic carbocycles. The van der Waals surface area contributed by atoms with Gasteiger partial charge in [0.1, 0.15) is 12.0 Å². The standard InChI is InChI=1S/C16H20N2O4.ClH/c1-3-21-14-5-4-11(6-15(14)20-2)9-18-16(19)12-7-13(8-17)22-10-12;/h4-7,10H,3,8-9,17H2,1-2H3,(H,18,19);1H. The molecule has 7 heteroatoms. The average Bonchev–Trinajstić information content (AvgIpc) is 3.03. The molecule has 23 heavy (non-hydrogen) atoms. The molecule has 0 saturated carbocycles. The van der Waals surface area contributed by atoms with Gasteiger partial charge in [0.25, 0.3) is 5.91 Å². The molecule has 1 aromatic carbocycles. The Morgan fingerprint density at radius 1 is 1.30 bits per heavy atom. The molecule has 1 aromatic heterocycles. The third-order valence-corrected chi connectivity index (χ3v) is 3.10.